The number of nitrogens with zero attached hydrogens (tertiary/aromatic N) is 6. The monoisotopic (exact) mass is 511 g/mol. The topological polar surface area (TPSA) is 96.2 Å². The van der Waals surface area contributed by atoms with Gasteiger partial charge in [-0.15, -0.1) is 0 Å². The lowest BCUT2D eigenvalue weighted by atomic mass is 10.0. The maximum atomic E-state index is 6.09. The van der Waals surface area contributed by atoms with E-state index < -0.39 is 0 Å². The molecule has 150 valence electrons. The van der Waals surface area contributed by atoms with Crippen LogP contribution in [0, 0.1) is 3.70 Å². The van der Waals surface area contributed by atoms with E-state index in [9.17, 15) is 0 Å². The highest BCUT2D eigenvalue weighted by molar-refractivity contribution is 14.1. The van der Waals surface area contributed by atoms with Crippen molar-refractivity contribution in [3.8, 4) is 17.1 Å². The molecule has 1 unspecified atom stereocenters. The van der Waals surface area contributed by atoms with Crippen molar-refractivity contribution in [3.63, 3.8) is 0 Å². The van der Waals surface area contributed by atoms with Crippen LogP contribution in [0.5, 0.6) is 5.88 Å². The van der Waals surface area contributed by atoms with E-state index in [1.807, 2.05) is 35.1 Å². The molecule has 0 amide bonds. The van der Waals surface area contributed by atoms with Crippen LogP contribution in [0.4, 0.5) is 5.82 Å². The summed E-state index contributed by atoms with van der Waals surface area (Å²) < 4.78 is 10.1. The molecule has 0 spiro atoms. The molecule has 0 radical (unpaired) electrons. The molecule has 2 N–H and O–H groups in total. The van der Waals surface area contributed by atoms with Crippen molar-refractivity contribution < 1.29 is 4.74 Å². The molecule has 0 bridgehead atoms. The van der Waals surface area contributed by atoms with Crippen molar-refractivity contribution >= 4 is 45.0 Å². The molecule has 0 aromatic carbocycles. The smallest absolute Gasteiger partial charge is 0.212 e. The number of halogens is 1. The van der Waals surface area contributed by atoms with Crippen molar-refractivity contribution in [3.05, 3.63) is 64.4 Å². The number of aromatic nitrogens is 6. The molecule has 0 aliphatic rings. The van der Waals surface area contributed by atoms with Gasteiger partial charge in [0.2, 0.25) is 5.88 Å². The molecule has 0 aliphatic carbocycles. The normalized spacial score (nSPS) is 12.5. The minimum atomic E-state index is -0.0951. The maximum absolute atomic E-state index is 6.09. The molecular formula is C21H18IN7O. The number of rotatable bonds is 4. The minimum Gasteiger partial charge on any atom is -0.481 e. The lowest BCUT2D eigenvalue weighted by Crippen LogP contribution is -2.10. The van der Waals surface area contributed by atoms with Crippen LogP contribution >= 0.6 is 22.6 Å². The van der Waals surface area contributed by atoms with Crippen LogP contribution in [0.3, 0.4) is 0 Å². The van der Waals surface area contributed by atoms with E-state index in [0.29, 0.717) is 17.3 Å². The van der Waals surface area contributed by atoms with Gasteiger partial charge in [-0.25, -0.2) is 19.6 Å². The third kappa shape index (κ3) is 2.88. The zero-order valence-electron chi connectivity index (χ0n) is 16.3. The van der Waals surface area contributed by atoms with E-state index in [4.69, 9.17) is 15.6 Å². The van der Waals surface area contributed by atoms with Gasteiger partial charge in [0.15, 0.2) is 5.65 Å². The molecule has 5 aromatic heterocycles. The second-order valence-corrected chi connectivity index (χ2v) is 7.92. The van der Waals surface area contributed by atoms with Crippen LogP contribution in [0.2, 0.25) is 0 Å². The first kappa shape index (κ1) is 18.8. The molecule has 9 heteroatoms. The highest BCUT2D eigenvalue weighted by atomic mass is 127. The summed E-state index contributed by atoms with van der Waals surface area (Å²) in [5.41, 5.74) is 11.0. The number of hydrogen-bond acceptors (Lipinski definition) is 6. The fraction of sp³-hybridized carbons (Fsp3) is 0.143. The third-order valence-corrected chi connectivity index (χ3v) is 5.98. The van der Waals surface area contributed by atoms with Gasteiger partial charge in [-0.05, 0) is 53.8 Å². The van der Waals surface area contributed by atoms with E-state index in [0.717, 1.165) is 31.4 Å². The molecular weight excluding hydrogens is 493 g/mol. The molecule has 30 heavy (non-hydrogen) atoms. The average molecular weight is 511 g/mol. The first-order valence-corrected chi connectivity index (χ1v) is 10.4. The number of methoxy groups -OCH3 is 1. The number of nitrogens with two attached hydrogens (primary N) is 1. The van der Waals surface area contributed by atoms with Crippen LogP contribution in [-0.4, -0.2) is 36.2 Å². The summed E-state index contributed by atoms with van der Waals surface area (Å²) in [6.07, 6.45) is 5.36. The van der Waals surface area contributed by atoms with E-state index in [2.05, 4.69) is 67.2 Å². The van der Waals surface area contributed by atoms with Crippen molar-refractivity contribution in [1.82, 2.24) is 29.1 Å². The summed E-state index contributed by atoms with van der Waals surface area (Å²) in [6.45, 7) is 2.11. The van der Waals surface area contributed by atoms with Gasteiger partial charge in [-0.1, -0.05) is 6.07 Å². The van der Waals surface area contributed by atoms with Crippen LogP contribution < -0.4 is 10.5 Å². The van der Waals surface area contributed by atoms with E-state index in [1.54, 1.807) is 7.11 Å². The predicted octanol–water partition coefficient (Wildman–Crippen LogP) is 3.95. The fourth-order valence-corrected chi connectivity index (χ4v) is 4.51. The number of ether oxygens (including phenoxy) is 1. The highest BCUT2D eigenvalue weighted by Gasteiger charge is 2.23. The Bertz CT molecular complexity index is 1370. The average Bonchev–Trinajstić information content (AvgIpc) is 3.32. The molecule has 5 aromatic rings. The van der Waals surface area contributed by atoms with Crippen molar-refractivity contribution in [2.45, 2.75) is 13.0 Å². The molecule has 0 fully saturated rings. The van der Waals surface area contributed by atoms with Gasteiger partial charge in [-0.2, -0.15) is 5.10 Å². The Morgan fingerprint density at radius 1 is 1.13 bits per heavy atom. The van der Waals surface area contributed by atoms with Crippen LogP contribution in [0.15, 0.2) is 55.1 Å². The SMILES string of the molecule is COc1ccc(-c2c(C(C)n3nc(I)c4c(N)ncnc43)cc3ccccn23)cn1. The zero-order valence-corrected chi connectivity index (χ0v) is 18.5. The Morgan fingerprint density at radius 3 is 2.77 bits per heavy atom. The zero-order chi connectivity index (χ0) is 20.8. The summed E-state index contributed by atoms with van der Waals surface area (Å²) >= 11 is 2.18. The Hall–Kier alpha value is -3.21. The second-order valence-electron chi connectivity index (χ2n) is 6.90. The number of pyridine rings is 2. The molecule has 0 aliphatic heterocycles. The molecule has 5 heterocycles. The van der Waals surface area contributed by atoms with E-state index >= 15 is 0 Å². The fourth-order valence-electron chi connectivity index (χ4n) is 3.76. The number of anilines is 1. The Kier molecular flexibility index (Phi) is 4.54. The van der Waals surface area contributed by atoms with Gasteiger partial charge in [0.05, 0.1) is 24.2 Å². The Balaban J connectivity index is 1.74. The summed E-state index contributed by atoms with van der Waals surface area (Å²) in [5.74, 6) is 1.01. The summed E-state index contributed by atoms with van der Waals surface area (Å²) in [6, 6.07) is 12.1. The Morgan fingerprint density at radius 2 is 2.00 bits per heavy atom. The van der Waals surface area contributed by atoms with Crippen molar-refractivity contribution in [2.24, 2.45) is 0 Å². The molecule has 1 atom stereocenters. The summed E-state index contributed by atoms with van der Waals surface area (Å²) in [7, 11) is 1.61. The minimum absolute atomic E-state index is 0.0951. The van der Waals surface area contributed by atoms with Crippen molar-refractivity contribution in [1.29, 1.82) is 0 Å². The standard InChI is InChI=1S/C21H18IN7O/c1-12(29-21-17(19(22)27-29)20(23)25-11-26-21)15-9-14-5-3-4-8-28(14)18(15)13-6-7-16(30-2)24-10-13/h3-12H,1-2H3,(H2,23,25,26). The first-order chi connectivity index (χ1) is 14.6. The van der Waals surface area contributed by atoms with Gasteiger partial charge in [0, 0.05) is 35.1 Å². The number of nitrogen functional groups attached to an aromatic ring is 1. The maximum Gasteiger partial charge on any atom is 0.212 e. The van der Waals surface area contributed by atoms with Crippen LogP contribution in [0.25, 0.3) is 27.8 Å². The van der Waals surface area contributed by atoms with Crippen LogP contribution in [0.1, 0.15) is 18.5 Å². The lowest BCUT2D eigenvalue weighted by Gasteiger charge is -2.15. The van der Waals surface area contributed by atoms with Crippen molar-refractivity contribution in [2.75, 3.05) is 12.8 Å². The van der Waals surface area contributed by atoms with Crippen LogP contribution in [-0.2, 0) is 0 Å². The summed E-state index contributed by atoms with van der Waals surface area (Å²) in [4.78, 5) is 13.0. The number of fused-ring (bicyclic) bond motifs is 2. The van der Waals surface area contributed by atoms with Gasteiger partial charge in [0.25, 0.3) is 0 Å². The first-order valence-electron chi connectivity index (χ1n) is 9.33. The van der Waals surface area contributed by atoms with Gasteiger partial charge >= 0.3 is 0 Å². The molecule has 0 saturated carbocycles. The van der Waals surface area contributed by atoms with Gasteiger partial charge in [0.1, 0.15) is 15.8 Å². The van der Waals surface area contributed by atoms with E-state index in [-0.39, 0.29) is 6.04 Å². The highest BCUT2D eigenvalue weighted by Crippen LogP contribution is 2.35. The lowest BCUT2D eigenvalue weighted by molar-refractivity contribution is 0.398. The quantitative estimate of drug-likeness (QED) is 0.368. The predicted molar refractivity (Wildman–Crippen MR) is 123 cm³/mol. The number of hydrogen-bond donors (Lipinski definition) is 1. The molecule has 0 saturated heterocycles. The molecule has 5 rings (SSSR count). The van der Waals surface area contributed by atoms with Gasteiger partial charge in [-0.3, -0.25) is 0 Å². The Labute approximate surface area is 185 Å². The largest absolute Gasteiger partial charge is 0.481 e. The third-order valence-electron chi connectivity index (χ3n) is 5.22. The summed E-state index contributed by atoms with van der Waals surface area (Å²) in [5, 5.41) is 5.51. The van der Waals surface area contributed by atoms with Gasteiger partial charge < -0.3 is 14.9 Å². The molecule has 8 nitrogen and oxygen atoms in total. The second kappa shape index (κ2) is 7.24. The van der Waals surface area contributed by atoms with E-state index in [1.165, 1.54) is 6.33 Å².